The van der Waals surface area contributed by atoms with Crippen molar-refractivity contribution in [1.82, 2.24) is 15.5 Å². The van der Waals surface area contributed by atoms with Crippen LogP contribution in [0.4, 0.5) is 4.79 Å². The van der Waals surface area contributed by atoms with E-state index >= 15 is 0 Å². The second-order valence-corrected chi connectivity index (χ2v) is 5.95. The normalized spacial score (nSPS) is 22.3. The molecule has 1 aromatic carbocycles. The maximum atomic E-state index is 12.6. The zero-order chi connectivity index (χ0) is 15.9. The highest BCUT2D eigenvalue weighted by atomic mass is 35.5. The molecule has 116 valence electrons. The second-order valence-electron chi connectivity index (χ2n) is 5.51. The van der Waals surface area contributed by atoms with Gasteiger partial charge >= 0.3 is 6.03 Å². The molecule has 1 aromatic rings. The second kappa shape index (κ2) is 5.62. The summed E-state index contributed by atoms with van der Waals surface area (Å²) < 4.78 is 0. The Morgan fingerprint density at radius 2 is 2.05 bits per heavy atom. The van der Waals surface area contributed by atoms with Crippen LogP contribution in [0, 0.1) is 0 Å². The zero-order valence-electron chi connectivity index (χ0n) is 12.0. The number of carbonyl (C=O) groups is 2. The molecule has 0 saturated carbocycles. The predicted molar refractivity (Wildman–Crippen MR) is 81.1 cm³/mol. The van der Waals surface area contributed by atoms with E-state index in [2.05, 4.69) is 10.6 Å². The number of hydrogen-bond donors (Lipinski definition) is 3. The fraction of sp³-hybridized carbons (Fsp3) is 0.333. The van der Waals surface area contributed by atoms with Crippen LogP contribution in [-0.4, -0.2) is 41.1 Å². The van der Waals surface area contributed by atoms with Gasteiger partial charge < -0.3 is 20.6 Å². The van der Waals surface area contributed by atoms with Gasteiger partial charge in [-0.25, -0.2) is 4.79 Å². The molecule has 3 rings (SSSR count). The summed E-state index contributed by atoms with van der Waals surface area (Å²) in [6.07, 6.45) is -0.622. The first-order chi connectivity index (χ1) is 10.5. The van der Waals surface area contributed by atoms with Crippen LogP contribution in [-0.2, 0) is 4.79 Å². The third kappa shape index (κ3) is 2.67. The molecule has 0 fully saturated rings. The van der Waals surface area contributed by atoms with Crippen molar-refractivity contribution in [2.24, 2.45) is 0 Å². The lowest BCUT2D eigenvalue weighted by atomic mass is 9.96. The van der Waals surface area contributed by atoms with Crippen LogP contribution in [0.2, 0.25) is 5.02 Å². The summed E-state index contributed by atoms with van der Waals surface area (Å²) in [6.45, 7) is 2.16. The van der Waals surface area contributed by atoms with Crippen LogP contribution < -0.4 is 10.6 Å². The molecule has 6 nitrogen and oxygen atoms in total. The van der Waals surface area contributed by atoms with E-state index in [0.29, 0.717) is 22.8 Å². The largest absolute Gasteiger partial charge is 0.392 e. The zero-order valence-corrected chi connectivity index (χ0v) is 12.7. The Bertz CT molecular complexity index is 655. The fourth-order valence-electron chi connectivity index (χ4n) is 2.80. The van der Waals surface area contributed by atoms with Crippen LogP contribution in [0.3, 0.4) is 0 Å². The van der Waals surface area contributed by atoms with E-state index in [-0.39, 0.29) is 18.5 Å². The Morgan fingerprint density at radius 1 is 1.36 bits per heavy atom. The lowest BCUT2D eigenvalue weighted by Crippen LogP contribution is -2.44. The van der Waals surface area contributed by atoms with E-state index in [4.69, 9.17) is 11.6 Å². The molecule has 2 unspecified atom stereocenters. The minimum absolute atomic E-state index is 0.177. The SMILES string of the molecule is CC(O)CN1CC2=C(C1=O)C(c1ccc(Cl)cc1)NC(=O)N2. The van der Waals surface area contributed by atoms with Crippen molar-refractivity contribution in [2.45, 2.75) is 19.1 Å². The number of aliphatic hydroxyl groups is 1. The lowest BCUT2D eigenvalue weighted by Gasteiger charge is -2.25. The summed E-state index contributed by atoms with van der Waals surface area (Å²) >= 11 is 5.89. The monoisotopic (exact) mass is 321 g/mol. The van der Waals surface area contributed by atoms with Gasteiger partial charge in [0, 0.05) is 11.6 Å². The molecule has 0 bridgehead atoms. The molecule has 0 radical (unpaired) electrons. The first-order valence-corrected chi connectivity index (χ1v) is 7.37. The van der Waals surface area contributed by atoms with Gasteiger partial charge in [-0.05, 0) is 24.6 Å². The van der Waals surface area contributed by atoms with Crippen molar-refractivity contribution < 1.29 is 14.7 Å². The van der Waals surface area contributed by atoms with E-state index in [0.717, 1.165) is 5.56 Å². The van der Waals surface area contributed by atoms with Gasteiger partial charge in [-0.15, -0.1) is 0 Å². The molecule has 22 heavy (non-hydrogen) atoms. The number of amides is 3. The van der Waals surface area contributed by atoms with Gasteiger partial charge in [0.15, 0.2) is 0 Å². The van der Waals surface area contributed by atoms with Crippen LogP contribution >= 0.6 is 11.6 Å². The van der Waals surface area contributed by atoms with Crippen molar-refractivity contribution in [3.63, 3.8) is 0 Å². The third-order valence-corrected chi connectivity index (χ3v) is 3.96. The van der Waals surface area contributed by atoms with Crippen molar-refractivity contribution in [1.29, 1.82) is 0 Å². The van der Waals surface area contributed by atoms with E-state index in [1.165, 1.54) is 4.90 Å². The van der Waals surface area contributed by atoms with Crippen molar-refractivity contribution >= 4 is 23.5 Å². The van der Waals surface area contributed by atoms with E-state index in [9.17, 15) is 14.7 Å². The molecule has 2 atom stereocenters. The Hall–Kier alpha value is -2.05. The highest BCUT2D eigenvalue weighted by Crippen LogP contribution is 2.32. The summed E-state index contributed by atoms with van der Waals surface area (Å²) in [7, 11) is 0. The number of nitrogens with one attached hydrogen (secondary N) is 2. The fourth-order valence-corrected chi connectivity index (χ4v) is 2.93. The van der Waals surface area contributed by atoms with Crippen LogP contribution in [0.15, 0.2) is 35.5 Å². The maximum Gasteiger partial charge on any atom is 0.319 e. The van der Waals surface area contributed by atoms with Gasteiger partial charge in [0.05, 0.1) is 30.0 Å². The van der Waals surface area contributed by atoms with Crippen molar-refractivity contribution in [3.05, 3.63) is 46.1 Å². The molecule has 3 amide bonds. The Kier molecular flexibility index (Phi) is 3.80. The first-order valence-electron chi connectivity index (χ1n) is 6.99. The van der Waals surface area contributed by atoms with Gasteiger partial charge in [0.25, 0.3) is 5.91 Å². The molecular weight excluding hydrogens is 306 g/mol. The molecular formula is C15H16ClN3O3. The van der Waals surface area contributed by atoms with Gasteiger partial charge in [0.2, 0.25) is 0 Å². The maximum absolute atomic E-state index is 12.6. The summed E-state index contributed by atoms with van der Waals surface area (Å²) in [5.41, 5.74) is 1.90. The first kappa shape index (κ1) is 14.9. The molecule has 2 aliphatic heterocycles. The van der Waals surface area contributed by atoms with Gasteiger partial charge in [0.1, 0.15) is 0 Å². The standard InChI is InChI=1S/C15H16ClN3O3/c1-8(20)6-19-7-11-12(14(19)21)13(18-15(22)17-11)9-2-4-10(16)5-3-9/h2-5,8,13,20H,6-7H2,1H3,(H2,17,18,22). The molecule has 0 aliphatic carbocycles. The van der Waals surface area contributed by atoms with Crippen molar-refractivity contribution in [2.75, 3.05) is 13.1 Å². The van der Waals surface area contributed by atoms with E-state index < -0.39 is 12.1 Å². The van der Waals surface area contributed by atoms with Gasteiger partial charge in [-0.2, -0.15) is 0 Å². The van der Waals surface area contributed by atoms with Gasteiger partial charge in [-0.3, -0.25) is 4.79 Å². The molecule has 2 heterocycles. The minimum Gasteiger partial charge on any atom is -0.392 e. The van der Waals surface area contributed by atoms with Gasteiger partial charge in [-0.1, -0.05) is 23.7 Å². The number of benzene rings is 1. The highest BCUT2D eigenvalue weighted by molar-refractivity contribution is 6.30. The average molecular weight is 322 g/mol. The smallest absolute Gasteiger partial charge is 0.319 e. The van der Waals surface area contributed by atoms with E-state index in [1.807, 2.05) is 0 Å². The molecule has 7 heteroatoms. The van der Waals surface area contributed by atoms with Crippen LogP contribution in [0.1, 0.15) is 18.5 Å². The number of urea groups is 1. The van der Waals surface area contributed by atoms with E-state index in [1.54, 1.807) is 31.2 Å². The molecule has 0 aromatic heterocycles. The Labute approximate surface area is 132 Å². The number of carbonyl (C=O) groups excluding carboxylic acids is 2. The van der Waals surface area contributed by atoms with Crippen LogP contribution in [0.25, 0.3) is 0 Å². The summed E-state index contributed by atoms with van der Waals surface area (Å²) in [5, 5.41) is 15.5. The molecule has 2 aliphatic rings. The summed E-state index contributed by atoms with van der Waals surface area (Å²) in [4.78, 5) is 25.9. The van der Waals surface area contributed by atoms with Crippen LogP contribution in [0.5, 0.6) is 0 Å². The minimum atomic E-state index is -0.622. The number of β-amino-alcohol motifs (C(OH)–C–C–N with tert-alkyl or cyclic N) is 1. The lowest BCUT2D eigenvalue weighted by molar-refractivity contribution is -0.126. The van der Waals surface area contributed by atoms with Crippen molar-refractivity contribution in [3.8, 4) is 0 Å². The number of hydrogen-bond acceptors (Lipinski definition) is 3. The Morgan fingerprint density at radius 3 is 2.68 bits per heavy atom. The number of nitrogens with zero attached hydrogens (tertiary/aromatic N) is 1. The topological polar surface area (TPSA) is 81.7 Å². The number of rotatable bonds is 3. The molecule has 3 N–H and O–H groups in total. The quantitative estimate of drug-likeness (QED) is 0.781. The molecule has 0 saturated heterocycles. The highest BCUT2D eigenvalue weighted by Gasteiger charge is 2.40. The number of aliphatic hydroxyl groups excluding tert-OH is 1. The summed E-state index contributed by atoms with van der Waals surface area (Å²) in [6, 6.07) is 6.16. The predicted octanol–water partition coefficient (Wildman–Crippen LogP) is 1.17. The number of halogens is 1. The average Bonchev–Trinajstić information content (AvgIpc) is 2.74. The Balaban J connectivity index is 1.94. The third-order valence-electron chi connectivity index (χ3n) is 3.71. The molecule has 0 spiro atoms. The summed E-state index contributed by atoms with van der Waals surface area (Å²) in [5.74, 6) is -0.177.